The molecule has 0 bridgehead atoms. The number of aliphatic hydroxyl groups is 2. The molecule has 20 heavy (non-hydrogen) atoms. The van der Waals surface area contributed by atoms with Gasteiger partial charge in [0.1, 0.15) is 6.10 Å². The second kappa shape index (κ2) is 6.13. The van der Waals surface area contributed by atoms with Crippen molar-refractivity contribution in [3.05, 3.63) is 34.9 Å². The Hall–Kier alpha value is -2.45. The number of benzene rings is 1. The second-order valence-electron chi connectivity index (χ2n) is 3.83. The maximum absolute atomic E-state index is 11.1. The fourth-order valence-electron chi connectivity index (χ4n) is 1.55. The lowest BCUT2D eigenvalue weighted by Gasteiger charge is -2.18. The number of aliphatic hydroxyl groups excluding tert-OH is 2. The van der Waals surface area contributed by atoms with Crippen LogP contribution >= 0.6 is 0 Å². The van der Waals surface area contributed by atoms with Crippen LogP contribution < -0.4 is 0 Å². The average Bonchev–Trinajstić information content (AvgIpc) is 2.43. The predicted octanol–water partition coefficient (Wildman–Crippen LogP) is -0.350. The quantitative estimate of drug-likeness (QED) is 0.537. The Kier molecular flexibility index (Phi) is 4.78. The molecular weight excluding hydrogens is 272 g/mol. The summed E-state index contributed by atoms with van der Waals surface area (Å²) in [5, 5.41) is 37.1. The van der Waals surface area contributed by atoms with Gasteiger partial charge in [-0.15, -0.1) is 0 Å². The third-order valence-electron chi connectivity index (χ3n) is 2.59. The summed E-state index contributed by atoms with van der Waals surface area (Å²) in [7, 11) is 0.976. The van der Waals surface area contributed by atoms with Crippen LogP contribution in [0.5, 0.6) is 0 Å². The molecule has 0 saturated heterocycles. The Balaban J connectivity index is 3.31. The zero-order valence-electron chi connectivity index (χ0n) is 10.3. The molecule has 0 radical (unpaired) electrons. The second-order valence-corrected chi connectivity index (χ2v) is 3.83. The fraction of sp³-hybridized carbons (Fsp3) is 0.250. The van der Waals surface area contributed by atoms with Gasteiger partial charge in [0.05, 0.1) is 18.2 Å². The highest BCUT2D eigenvalue weighted by molar-refractivity contribution is 5.93. The lowest BCUT2D eigenvalue weighted by molar-refractivity contribution is -0.156. The van der Waals surface area contributed by atoms with E-state index < -0.39 is 41.2 Å². The van der Waals surface area contributed by atoms with Crippen LogP contribution in [0.15, 0.2) is 18.2 Å². The molecule has 0 saturated carbocycles. The van der Waals surface area contributed by atoms with Gasteiger partial charge in [-0.05, 0) is 23.8 Å². The minimum atomic E-state index is -2.03. The summed E-state index contributed by atoms with van der Waals surface area (Å²) in [4.78, 5) is 33.0. The third-order valence-corrected chi connectivity index (χ3v) is 2.59. The molecule has 1 aromatic carbocycles. The maximum Gasteiger partial charge on any atom is 0.337 e. The Labute approximate surface area is 112 Å². The number of methoxy groups -OCH3 is 1. The topological polar surface area (TPSA) is 141 Å². The number of aromatic carboxylic acids is 2. The van der Waals surface area contributed by atoms with Crippen molar-refractivity contribution in [2.24, 2.45) is 0 Å². The average molecular weight is 284 g/mol. The van der Waals surface area contributed by atoms with Gasteiger partial charge in [-0.25, -0.2) is 14.4 Å². The number of carbonyl (C=O) groups is 3. The van der Waals surface area contributed by atoms with E-state index in [1.165, 1.54) is 0 Å². The molecular formula is C12H12O8. The highest BCUT2D eigenvalue weighted by Gasteiger charge is 2.30. The number of carboxylic acids is 2. The molecule has 0 aliphatic rings. The van der Waals surface area contributed by atoms with Gasteiger partial charge in [-0.2, -0.15) is 0 Å². The van der Waals surface area contributed by atoms with Crippen LogP contribution in [0.1, 0.15) is 32.4 Å². The van der Waals surface area contributed by atoms with Crippen molar-refractivity contribution in [3.8, 4) is 0 Å². The Morgan fingerprint density at radius 1 is 1.10 bits per heavy atom. The van der Waals surface area contributed by atoms with Gasteiger partial charge in [0.2, 0.25) is 0 Å². The molecule has 0 aliphatic heterocycles. The van der Waals surface area contributed by atoms with Crippen LogP contribution in [0.3, 0.4) is 0 Å². The Bertz CT molecular complexity index is 550. The first-order valence-corrected chi connectivity index (χ1v) is 5.34. The smallest absolute Gasteiger partial charge is 0.337 e. The maximum atomic E-state index is 11.1. The molecule has 0 fully saturated rings. The van der Waals surface area contributed by atoms with E-state index in [2.05, 4.69) is 4.74 Å². The van der Waals surface area contributed by atoms with Crippen molar-refractivity contribution >= 4 is 17.9 Å². The van der Waals surface area contributed by atoms with Gasteiger partial charge >= 0.3 is 17.9 Å². The Morgan fingerprint density at radius 3 is 2.15 bits per heavy atom. The number of carbonyl (C=O) groups excluding carboxylic acids is 1. The van der Waals surface area contributed by atoms with E-state index in [0.717, 1.165) is 25.3 Å². The number of carboxylic acid groups (broad SMARTS) is 2. The van der Waals surface area contributed by atoms with E-state index in [0.29, 0.717) is 0 Å². The number of hydrogen-bond donors (Lipinski definition) is 4. The number of ether oxygens (including phenoxy) is 1. The molecule has 0 heterocycles. The monoisotopic (exact) mass is 284 g/mol. The van der Waals surface area contributed by atoms with Crippen LogP contribution in [0.25, 0.3) is 0 Å². The van der Waals surface area contributed by atoms with Crippen LogP contribution in [-0.2, 0) is 9.53 Å². The molecule has 4 N–H and O–H groups in total. The van der Waals surface area contributed by atoms with Gasteiger partial charge in [0.25, 0.3) is 0 Å². The highest BCUT2D eigenvalue weighted by atomic mass is 16.5. The van der Waals surface area contributed by atoms with Crippen molar-refractivity contribution in [1.82, 2.24) is 0 Å². The van der Waals surface area contributed by atoms with Gasteiger partial charge < -0.3 is 25.2 Å². The van der Waals surface area contributed by atoms with E-state index in [4.69, 9.17) is 10.2 Å². The number of hydrogen-bond acceptors (Lipinski definition) is 6. The molecule has 1 rings (SSSR count). The van der Waals surface area contributed by atoms with E-state index in [1.54, 1.807) is 0 Å². The molecule has 0 aromatic heterocycles. The zero-order chi connectivity index (χ0) is 15.4. The molecule has 2 unspecified atom stereocenters. The van der Waals surface area contributed by atoms with Crippen LogP contribution in [0.4, 0.5) is 0 Å². The largest absolute Gasteiger partial charge is 0.478 e. The zero-order valence-corrected chi connectivity index (χ0v) is 10.3. The molecule has 0 amide bonds. The van der Waals surface area contributed by atoms with Gasteiger partial charge in [-0.1, -0.05) is 0 Å². The SMILES string of the molecule is COC(=O)C(O)C(O)c1cc(C(=O)O)ccc1C(=O)O. The van der Waals surface area contributed by atoms with Crippen molar-refractivity contribution < 1.29 is 39.5 Å². The van der Waals surface area contributed by atoms with Gasteiger partial charge in [0, 0.05) is 0 Å². The first-order chi connectivity index (χ1) is 9.29. The molecule has 108 valence electrons. The highest BCUT2D eigenvalue weighted by Crippen LogP contribution is 2.23. The van der Waals surface area contributed by atoms with Crippen molar-refractivity contribution in [2.75, 3.05) is 7.11 Å². The van der Waals surface area contributed by atoms with E-state index in [9.17, 15) is 24.6 Å². The summed E-state index contributed by atoms with van der Waals surface area (Å²) in [6.07, 6.45) is -3.95. The predicted molar refractivity (Wildman–Crippen MR) is 63.3 cm³/mol. The summed E-state index contributed by atoms with van der Waals surface area (Å²) >= 11 is 0. The minimum Gasteiger partial charge on any atom is -0.478 e. The first-order valence-electron chi connectivity index (χ1n) is 5.34. The number of esters is 1. The van der Waals surface area contributed by atoms with Crippen molar-refractivity contribution in [2.45, 2.75) is 12.2 Å². The van der Waals surface area contributed by atoms with E-state index in [1.807, 2.05) is 0 Å². The van der Waals surface area contributed by atoms with Gasteiger partial charge in [-0.3, -0.25) is 0 Å². The van der Waals surface area contributed by atoms with Crippen molar-refractivity contribution in [3.63, 3.8) is 0 Å². The van der Waals surface area contributed by atoms with Crippen LogP contribution in [0.2, 0.25) is 0 Å². The van der Waals surface area contributed by atoms with Crippen LogP contribution in [0, 0.1) is 0 Å². The molecule has 1 aromatic rings. The molecule has 2 atom stereocenters. The fourth-order valence-corrected chi connectivity index (χ4v) is 1.55. The molecule has 0 spiro atoms. The third kappa shape index (κ3) is 3.11. The molecule has 8 nitrogen and oxygen atoms in total. The normalized spacial score (nSPS) is 13.3. The lowest BCUT2D eigenvalue weighted by atomic mass is 9.96. The lowest BCUT2D eigenvalue weighted by Crippen LogP contribution is -2.30. The van der Waals surface area contributed by atoms with Gasteiger partial charge in [0.15, 0.2) is 6.10 Å². The Morgan fingerprint density at radius 2 is 1.70 bits per heavy atom. The summed E-state index contributed by atoms with van der Waals surface area (Å²) in [6.45, 7) is 0. The first kappa shape index (κ1) is 15.6. The van der Waals surface area contributed by atoms with Crippen molar-refractivity contribution in [1.29, 1.82) is 0 Å². The minimum absolute atomic E-state index is 0.291. The molecule has 0 aliphatic carbocycles. The summed E-state index contributed by atoms with van der Waals surface area (Å²) in [5.74, 6) is -3.95. The summed E-state index contributed by atoms with van der Waals surface area (Å²) in [6, 6.07) is 2.88. The standard InChI is InChI=1S/C12H12O8/c1-20-12(19)9(14)8(13)7-4-5(10(15)16)2-3-6(7)11(17)18/h2-4,8-9,13-14H,1H3,(H,15,16)(H,17,18). The van der Waals surface area contributed by atoms with E-state index >= 15 is 0 Å². The number of rotatable bonds is 5. The summed E-state index contributed by atoms with van der Waals surface area (Å²) in [5.41, 5.74) is -1.11. The molecule has 8 heteroatoms. The van der Waals surface area contributed by atoms with E-state index in [-0.39, 0.29) is 5.56 Å². The van der Waals surface area contributed by atoms with Crippen LogP contribution in [-0.4, -0.2) is 51.5 Å². The summed E-state index contributed by atoms with van der Waals surface area (Å²) < 4.78 is 4.22.